The Morgan fingerprint density at radius 1 is 1.08 bits per heavy atom. The number of fused-ring (bicyclic) bond motifs is 1. The van der Waals surface area contributed by atoms with Crippen LogP contribution in [0.25, 0.3) is 11.3 Å². The maximum Gasteiger partial charge on any atom is 0.225 e. The molecule has 1 aliphatic heterocycles. The SMILES string of the molecule is C[Si](C)(C)CCOCn1cc(-c2ccccc2)nc1C1COc2ccc(Oc3cc(Cl)nc(N)n3)cc2C1. The van der Waals surface area contributed by atoms with Crippen molar-refractivity contribution >= 4 is 25.6 Å². The third-order valence-corrected chi connectivity index (χ3v) is 8.22. The maximum atomic E-state index is 6.16. The zero-order valence-electron chi connectivity index (χ0n) is 21.9. The number of rotatable bonds is 9. The van der Waals surface area contributed by atoms with Gasteiger partial charge in [0.1, 0.15) is 29.2 Å². The second-order valence-electron chi connectivity index (χ2n) is 10.6. The minimum absolute atomic E-state index is 0.0555. The van der Waals surface area contributed by atoms with Crippen molar-refractivity contribution < 1.29 is 14.2 Å². The van der Waals surface area contributed by atoms with Crippen LogP contribution in [0.3, 0.4) is 0 Å². The highest BCUT2D eigenvalue weighted by Crippen LogP contribution is 2.36. The standard InChI is InChI=1S/C28H32ClN5O3Si/c1-38(2,3)12-11-35-18-34-16-23(19-7-5-4-6-8-19)31-27(34)21-13-20-14-22(9-10-24(20)36-17-21)37-26-15-25(29)32-28(30)33-26/h4-10,14-16,21H,11-13,17-18H2,1-3H3,(H2,30,32,33). The van der Waals surface area contributed by atoms with Crippen molar-refractivity contribution in [1.82, 2.24) is 19.5 Å². The van der Waals surface area contributed by atoms with E-state index in [0.29, 0.717) is 19.1 Å². The fraction of sp³-hybridized carbons (Fsp3) is 0.321. The number of hydrogen-bond acceptors (Lipinski definition) is 7. The fourth-order valence-electron chi connectivity index (χ4n) is 4.34. The molecule has 4 aromatic rings. The number of ether oxygens (including phenoxy) is 3. The molecule has 1 aliphatic rings. The van der Waals surface area contributed by atoms with Crippen LogP contribution in [0.4, 0.5) is 5.95 Å². The number of nitrogen functional groups attached to an aromatic ring is 1. The summed E-state index contributed by atoms with van der Waals surface area (Å²) >= 11 is 6.00. The van der Waals surface area contributed by atoms with Crippen LogP contribution in [0.1, 0.15) is 17.3 Å². The van der Waals surface area contributed by atoms with Gasteiger partial charge >= 0.3 is 0 Å². The first-order valence-electron chi connectivity index (χ1n) is 12.7. The van der Waals surface area contributed by atoms with Crippen LogP contribution in [-0.2, 0) is 17.9 Å². The van der Waals surface area contributed by atoms with E-state index in [1.807, 2.05) is 36.4 Å². The van der Waals surface area contributed by atoms with Crippen LogP contribution >= 0.6 is 11.6 Å². The van der Waals surface area contributed by atoms with Gasteiger partial charge in [-0.2, -0.15) is 4.98 Å². The van der Waals surface area contributed by atoms with Gasteiger partial charge in [-0.15, -0.1) is 0 Å². The molecule has 0 saturated carbocycles. The van der Waals surface area contributed by atoms with E-state index < -0.39 is 8.07 Å². The summed E-state index contributed by atoms with van der Waals surface area (Å²) in [6, 6.07) is 18.6. The number of hydrogen-bond donors (Lipinski definition) is 1. The van der Waals surface area contributed by atoms with E-state index >= 15 is 0 Å². The molecule has 38 heavy (non-hydrogen) atoms. The highest BCUT2D eigenvalue weighted by molar-refractivity contribution is 6.76. The highest BCUT2D eigenvalue weighted by Gasteiger charge is 2.27. The number of nitrogens with zero attached hydrogens (tertiary/aromatic N) is 4. The van der Waals surface area contributed by atoms with Crippen molar-refractivity contribution in [1.29, 1.82) is 0 Å². The first-order chi connectivity index (χ1) is 18.2. The van der Waals surface area contributed by atoms with Crippen LogP contribution in [-0.4, -0.2) is 40.8 Å². The van der Waals surface area contributed by atoms with E-state index in [0.717, 1.165) is 47.5 Å². The van der Waals surface area contributed by atoms with E-state index in [1.165, 1.54) is 6.07 Å². The topological polar surface area (TPSA) is 97.3 Å². The summed E-state index contributed by atoms with van der Waals surface area (Å²) in [5.74, 6) is 2.80. The molecule has 0 amide bonds. The van der Waals surface area contributed by atoms with Crippen molar-refractivity contribution in [2.45, 2.75) is 44.8 Å². The number of anilines is 1. The summed E-state index contributed by atoms with van der Waals surface area (Å²) in [6.45, 7) is 8.81. The molecule has 2 N–H and O–H groups in total. The molecule has 2 aromatic carbocycles. The molecular weight excluding hydrogens is 518 g/mol. The molecule has 0 bridgehead atoms. The summed E-state index contributed by atoms with van der Waals surface area (Å²) in [6.07, 6.45) is 2.83. The average Bonchev–Trinajstić information content (AvgIpc) is 3.30. The Labute approximate surface area is 228 Å². The molecule has 3 heterocycles. The van der Waals surface area contributed by atoms with Crippen LogP contribution < -0.4 is 15.2 Å². The molecule has 0 aliphatic carbocycles. The molecular formula is C28H32ClN5O3Si. The third-order valence-electron chi connectivity index (χ3n) is 6.32. The zero-order valence-corrected chi connectivity index (χ0v) is 23.6. The van der Waals surface area contributed by atoms with E-state index in [9.17, 15) is 0 Å². The molecule has 2 aromatic heterocycles. The van der Waals surface area contributed by atoms with Gasteiger partial charge in [0.2, 0.25) is 11.8 Å². The Balaban J connectivity index is 1.37. The lowest BCUT2D eigenvalue weighted by Gasteiger charge is -2.26. The van der Waals surface area contributed by atoms with Crippen molar-refractivity contribution in [3.8, 4) is 28.6 Å². The second-order valence-corrected chi connectivity index (χ2v) is 16.6. The first-order valence-corrected chi connectivity index (χ1v) is 16.8. The third kappa shape index (κ3) is 6.53. The highest BCUT2D eigenvalue weighted by atomic mass is 35.5. The van der Waals surface area contributed by atoms with Gasteiger partial charge < -0.3 is 24.5 Å². The van der Waals surface area contributed by atoms with E-state index in [-0.39, 0.29) is 22.9 Å². The molecule has 5 rings (SSSR count). The number of imidazole rings is 1. The Kier molecular flexibility index (Phi) is 7.69. The monoisotopic (exact) mass is 549 g/mol. The smallest absolute Gasteiger partial charge is 0.225 e. The first kappa shape index (κ1) is 26.2. The molecule has 1 unspecified atom stereocenters. The molecule has 10 heteroatoms. The molecule has 0 spiro atoms. The van der Waals surface area contributed by atoms with E-state index in [1.54, 1.807) is 0 Å². The van der Waals surface area contributed by atoms with E-state index in [4.69, 9.17) is 36.5 Å². The maximum absolute atomic E-state index is 6.16. The van der Waals surface area contributed by atoms with Crippen molar-refractivity contribution in [3.05, 3.63) is 77.3 Å². The predicted molar refractivity (Wildman–Crippen MR) is 152 cm³/mol. The summed E-state index contributed by atoms with van der Waals surface area (Å²) in [4.78, 5) is 13.0. The number of benzene rings is 2. The largest absolute Gasteiger partial charge is 0.493 e. The molecule has 0 saturated heterocycles. The van der Waals surface area contributed by atoms with Crippen molar-refractivity contribution in [2.75, 3.05) is 18.9 Å². The number of aromatic nitrogens is 4. The van der Waals surface area contributed by atoms with E-state index in [2.05, 4.69) is 52.5 Å². The summed E-state index contributed by atoms with van der Waals surface area (Å²) in [5.41, 5.74) is 8.74. The molecule has 8 nitrogen and oxygen atoms in total. The summed E-state index contributed by atoms with van der Waals surface area (Å²) in [5, 5.41) is 0.224. The van der Waals surface area contributed by atoms with Gasteiger partial charge in [0.25, 0.3) is 0 Å². The van der Waals surface area contributed by atoms with Gasteiger partial charge in [0.15, 0.2) is 0 Å². The van der Waals surface area contributed by atoms with Crippen molar-refractivity contribution in [2.24, 2.45) is 0 Å². The minimum Gasteiger partial charge on any atom is -0.493 e. The molecule has 198 valence electrons. The lowest BCUT2D eigenvalue weighted by molar-refractivity contribution is 0.0830. The van der Waals surface area contributed by atoms with Crippen LogP contribution in [0.2, 0.25) is 30.8 Å². The molecule has 1 atom stereocenters. The zero-order chi connectivity index (χ0) is 26.7. The number of halogens is 1. The lowest BCUT2D eigenvalue weighted by atomic mass is 9.96. The van der Waals surface area contributed by atoms with Gasteiger partial charge in [-0.05, 0) is 36.2 Å². The van der Waals surface area contributed by atoms with Crippen molar-refractivity contribution in [3.63, 3.8) is 0 Å². The second kappa shape index (κ2) is 11.1. The Hall–Kier alpha value is -3.40. The summed E-state index contributed by atoms with van der Waals surface area (Å²) in [7, 11) is -1.17. The Morgan fingerprint density at radius 2 is 1.89 bits per heavy atom. The minimum atomic E-state index is -1.17. The van der Waals surface area contributed by atoms with Crippen LogP contribution in [0, 0.1) is 0 Å². The molecule has 0 fully saturated rings. The quantitative estimate of drug-likeness (QED) is 0.146. The van der Waals surface area contributed by atoms with Crippen LogP contribution in [0.15, 0.2) is 60.8 Å². The van der Waals surface area contributed by atoms with Gasteiger partial charge in [0.05, 0.1) is 18.2 Å². The Morgan fingerprint density at radius 3 is 2.66 bits per heavy atom. The number of nitrogens with two attached hydrogens (primary N) is 1. The van der Waals surface area contributed by atoms with Gasteiger partial charge in [-0.1, -0.05) is 61.6 Å². The van der Waals surface area contributed by atoms with Gasteiger partial charge in [-0.25, -0.2) is 9.97 Å². The Bertz CT molecular complexity index is 1390. The normalized spacial score (nSPS) is 15.1. The molecule has 0 radical (unpaired) electrons. The average molecular weight is 550 g/mol. The lowest BCUT2D eigenvalue weighted by Crippen LogP contribution is -2.24. The van der Waals surface area contributed by atoms with Gasteiger partial charge in [0, 0.05) is 32.5 Å². The van der Waals surface area contributed by atoms with Crippen LogP contribution in [0.5, 0.6) is 17.4 Å². The predicted octanol–water partition coefficient (Wildman–Crippen LogP) is 6.40. The fourth-order valence-corrected chi connectivity index (χ4v) is 5.27. The van der Waals surface area contributed by atoms with Gasteiger partial charge in [-0.3, -0.25) is 0 Å². The summed E-state index contributed by atoms with van der Waals surface area (Å²) < 4.78 is 20.3.